The first kappa shape index (κ1) is 22.7. The molecule has 2 fully saturated rings. The van der Waals surface area contributed by atoms with Gasteiger partial charge in [0.1, 0.15) is 0 Å². The average molecular weight is 435 g/mol. The molecule has 1 saturated heterocycles. The summed E-state index contributed by atoms with van der Waals surface area (Å²) in [7, 11) is 0. The molecule has 4 rings (SSSR count). The minimum atomic E-state index is -0.131. The predicted molar refractivity (Wildman–Crippen MR) is 134 cm³/mol. The number of carbonyl (C=O) groups excluding carboxylic acids is 1. The number of hydrogen-bond donors (Lipinski definition) is 2. The number of nitrogens with two attached hydrogens (primary N) is 1. The van der Waals surface area contributed by atoms with Crippen LogP contribution < -0.4 is 16.0 Å². The zero-order valence-electron chi connectivity index (χ0n) is 19.4. The summed E-state index contributed by atoms with van der Waals surface area (Å²) in [5.74, 6) is 0.793. The first-order valence-electron chi connectivity index (χ1n) is 12.4. The number of nitrogen functional groups attached to an aromatic ring is 1. The maximum Gasteiger partial charge on any atom is 0.255 e. The van der Waals surface area contributed by atoms with Gasteiger partial charge in [-0.25, -0.2) is 0 Å². The van der Waals surface area contributed by atoms with Crippen molar-refractivity contribution in [2.24, 2.45) is 5.92 Å². The summed E-state index contributed by atoms with van der Waals surface area (Å²) in [6.45, 7) is 6.93. The van der Waals surface area contributed by atoms with Crippen molar-refractivity contribution in [3.8, 4) is 0 Å². The van der Waals surface area contributed by atoms with E-state index in [4.69, 9.17) is 5.73 Å². The van der Waals surface area contributed by atoms with E-state index in [0.29, 0.717) is 23.0 Å². The third kappa shape index (κ3) is 5.63. The third-order valence-corrected chi connectivity index (χ3v) is 7.25. The van der Waals surface area contributed by atoms with Gasteiger partial charge in [-0.15, -0.1) is 0 Å². The number of piperidine rings is 1. The molecule has 1 aliphatic carbocycles. The predicted octanol–water partition coefficient (Wildman–Crippen LogP) is 5.39. The van der Waals surface area contributed by atoms with Crippen LogP contribution in [0, 0.1) is 5.92 Å². The zero-order chi connectivity index (χ0) is 22.3. The molecule has 1 heterocycles. The van der Waals surface area contributed by atoms with Crippen LogP contribution in [0.15, 0.2) is 48.5 Å². The van der Waals surface area contributed by atoms with Gasteiger partial charge < -0.3 is 20.9 Å². The number of benzene rings is 2. The van der Waals surface area contributed by atoms with Gasteiger partial charge in [-0.1, -0.05) is 31.4 Å². The van der Waals surface area contributed by atoms with Crippen molar-refractivity contribution in [3.63, 3.8) is 0 Å². The quantitative estimate of drug-likeness (QED) is 0.574. The Kier molecular flexibility index (Phi) is 7.69. The molecule has 5 heteroatoms. The van der Waals surface area contributed by atoms with Crippen LogP contribution >= 0.6 is 0 Å². The largest absolute Gasteiger partial charge is 0.397 e. The fourth-order valence-electron chi connectivity index (χ4n) is 5.41. The van der Waals surface area contributed by atoms with Gasteiger partial charge in [0, 0.05) is 43.5 Å². The summed E-state index contributed by atoms with van der Waals surface area (Å²) in [5, 5.41) is 2.91. The van der Waals surface area contributed by atoms with E-state index in [1.165, 1.54) is 70.3 Å². The highest BCUT2D eigenvalue weighted by atomic mass is 16.1. The summed E-state index contributed by atoms with van der Waals surface area (Å²) < 4.78 is 0. The molecule has 5 nitrogen and oxygen atoms in total. The Bertz CT molecular complexity index is 867. The Balaban J connectivity index is 1.32. The van der Waals surface area contributed by atoms with E-state index in [1.807, 2.05) is 30.3 Å². The van der Waals surface area contributed by atoms with Crippen LogP contribution in [-0.2, 0) is 0 Å². The first-order valence-corrected chi connectivity index (χ1v) is 12.4. The molecular weight excluding hydrogens is 396 g/mol. The highest BCUT2D eigenvalue weighted by molar-refractivity contribution is 6.05. The number of likely N-dealkylation sites (tertiary alicyclic amines) is 1. The van der Waals surface area contributed by atoms with Gasteiger partial charge in [-0.05, 0) is 74.9 Å². The molecule has 0 unspecified atom stereocenters. The van der Waals surface area contributed by atoms with Crippen molar-refractivity contribution in [1.29, 1.82) is 0 Å². The number of hydrogen-bond acceptors (Lipinski definition) is 4. The lowest BCUT2D eigenvalue weighted by Gasteiger charge is -2.40. The molecule has 1 saturated carbocycles. The van der Waals surface area contributed by atoms with Gasteiger partial charge in [0.05, 0.1) is 11.4 Å². The fraction of sp³-hybridized carbons (Fsp3) is 0.519. The van der Waals surface area contributed by atoms with Crippen LogP contribution in [0.5, 0.6) is 0 Å². The van der Waals surface area contributed by atoms with Gasteiger partial charge >= 0.3 is 0 Å². The maximum absolute atomic E-state index is 12.6. The maximum atomic E-state index is 12.6. The van der Waals surface area contributed by atoms with E-state index in [2.05, 4.69) is 34.2 Å². The number of para-hydroxylation sites is 2. The summed E-state index contributed by atoms with van der Waals surface area (Å²) in [6, 6.07) is 15.9. The van der Waals surface area contributed by atoms with Crippen LogP contribution in [0.3, 0.4) is 0 Å². The summed E-state index contributed by atoms with van der Waals surface area (Å²) >= 11 is 0. The van der Waals surface area contributed by atoms with Crippen molar-refractivity contribution in [2.75, 3.05) is 42.1 Å². The molecule has 0 aromatic heterocycles. The van der Waals surface area contributed by atoms with Crippen molar-refractivity contribution < 1.29 is 4.79 Å². The van der Waals surface area contributed by atoms with Gasteiger partial charge in [0.15, 0.2) is 0 Å². The minimum Gasteiger partial charge on any atom is -0.397 e. The molecule has 0 radical (unpaired) electrons. The monoisotopic (exact) mass is 434 g/mol. The molecule has 3 N–H and O–H groups in total. The Morgan fingerprint density at radius 2 is 1.69 bits per heavy atom. The molecular formula is C27H38N4O. The molecule has 2 aromatic rings. The van der Waals surface area contributed by atoms with Crippen LogP contribution in [-0.4, -0.2) is 43.0 Å². The number of nitrogens with one attached hydrogen (secondary N) is 1. The highest BCUT2D eigenvalue weighted by Crippen LogP contribution is 2.28. The normalized spacial score (nSPS) is 18.4. The van der Waals surface area contributed by atoms with E-state index in [-0.39, 0.29) is 5.91 Å². The number of amides is 1. The van der Waals surface area contributed by atoms with Crippen LogP contribution in [0.4, 0.5) is 17.1 Å². The summed E-state index contributed by atoms with van der Waals surface area (Å²) in [5.41, 5.74) is 9.02. The van der Waals surface area contributed by atoms with Gasteiger partial charge in [-0.3, -0.25) is 4.79 Å². The molecule has 32 heavy (non-hydrogen) atoms. The van der Waals surface area contributed by atoms with E-state index < -0.39 is 0 Å². The molecule has 0 atom stereocenters. The second-order valence-corrected chi connectivity index (χ2v) is 9.41. The van der Waals surface area contributed by atoms with E-state index >= 15 is 0 Å². The van der Waals surface area contributed by atoms with E-state index in [0.717, 1.165) is 12.5 Å². The second kappa shape index (κ2) is 10.9. The Hall–Kier alpha value is -2.53. The van der Waals surface area contributed by atoms with Crippen LogP contribution in [0.25, 0.3) is 0 Å². The third-order valence-electron chi connectivity index (χ3n) is 7.25. The SMILES string of the molecule is CCN(c1ccc(C(=O)Nc2ccccc2N)cc1)C1CCN(CC2CCCCC2)CC1. The Morgan fingerprint density at radius 3 is 2.34 bits per heavy atom. The highest BCUT2D eigenvalue weighted by Gasteiger charge is 2.26. The van der Waals surface area contributed by atoms with E-state index in [1.54, 1.807) is 6.07 Å². The van der Waals surface area contributed by atoms with Crippen molar-refractivity contribution in [3.05, 3.63) is 54.1 Å². The molecule has 2 aliphatic rings. The molecule has 0 spiro atoms. The van der Waals surface area contributed by atoms with Gasteiger partial charge in [0.2, 0.25) is 0 Å². The Morgan fingerprint density at radius 1 is 1.00 bits per heavy atom. The lowest BCUT2D eigenvalue weighted by atomic mass is 9.88. The fourth-order valence-corrected chi connectivity index (χ4v) is 5.41. The van der Waals surface area contributed by atoms with Crippen molar-refractivity contribution in [2.45, 2.75) is 57.9 Å². The molecule has 1 amide bonds. The van der Waals surface area contributed by atoms with Gasteiger partial charge in [0.25, 0.3) is 5.91 Å². The van der Waals surface area contributed by atoms with Crippen molar-refractivity contribution in [1.82, 2.24) is 4.90 Å². The number of nitrogens with zero attached hydrogens (tertiary/aromatic N) is 2. The average Bonchev–Trinajstić information content (AvgIpc) is 2.83. The number of carbonyl (C=O) groups is 1. The number of anilines is 3. The topological polar surface area (TPSA) is 61.6 Å². The second-order valence-electron chi connectivity index (χ2n) is 9.41. The lowest BCUT2D eigenvalue weighted by molar-refractivity contribution is 0.102. The molecule has 0 bridgehead atoms. The van der Waals surface area contributed by atoms with Crippen LogP contribution in [0.2, 0.25) is 0 Å². The minimum absolute atomic E-state index is 0.131. The summed E-state index contributed by atoms with van der Waals surface area (Å²) in [4.78, 5) is 17.8. The van der Waals surface area contributed by atoms with Crippen LogP contribution in [0.1, 0.15) is 62.2 Å². The lowest BCUT2D eigenvalue weighted by Crippen LogP contribution is -2.46. The number of rotatable bonds is 7. The molecule has 172 valence electrons. The van der Waals surface area contributed by atoms with E-state index in [9.17, 15) is 4.79 Å². The van der Waals surface area contributed by atoms with Gasteiger partial charge in [-0.2, -0.15) is 0 Å². The van der Waals surface area contributed by atoms with Crippen molar-refractivity contribution >= 4 is 23.0 Å². The zero-order valence-corrected chi connectivity index (χ0v) is 19.4. The smallest absolute Gasteiger partial charge is 0.255 e. The Labute approximate surface area is 193 Å². The molecule has 2 aromatic carbocycles. The first-order chi connectivity index (χ1) is 15.6. The summed E-state index contributed by atoms with van der Waals surface area (Å²) in [6.07, 6.45) is 9.58. The molecule has 1 aliphatic heterocycles. The standard InChI is InChI=1S/C27H38N4O/c1-2-31(24-16-18-30(19-17-24)20-21-8-4-3-5-9-21)23-14-12-22(13-15-23)27(32)29-26-11-7-6-10-25(26)28/h6-7,10-15,21,24H,2-5,8-9,16-20,28H2,1H3,(H,29,32).